The molecular weight excluding hydrogens is 461 g/mol. The topological polar surface area (TPSA) is 78.5 Å². The Hall–Kier alpha value is -1.94. The van der Waals surface area contributed by atoms with E-state index in [-0.39, 0.29) is 6.04 Å². The number of halogens is 1. The van der Waals surface area contributed by atoms with Crippen LogP contribution in [0, 0.1) is 5.82 Å². The van der Waals surface area contributed by atoms with Gasteiger partial charge in [-0.05, 0) is 55.6 Å². The van der Waals surface area contributed by atoms with E-state index >= 15 is 0 Å². The standard InChI is InChI=1S/C24H34FN3O3S2/c1-4-28(5-2)20(17-19-11-7-6-8-12-19)18-26-24(29)22(15-16-32-3)27-33(30,31)23-14-10-9-13-21(23)25/h6-14,20,22,27H,4-5,15-18H2,1-3H3,(H,26,29). The van der Waals surface area contributed by atoms with E-state index in [0.717, 1.165) is 25.6 Å². The fraction of sp³-hybridized carbons (Fsp3) is 0.458. The summed E-state index contributed by atoms with van der Waals surface area (Å²) < 4.78 is 42.0. The van der Waals surface area contributed by atoms with Gasteiger partial charge in [-0.25, -0.2) is 12.8 Å². The van der Waals surface area contributed by atoms with Crippen molar-refractivity contribution < 1.29 is 17.6 Å². The maximum Gasteiger partial charge on any atom is 0.244 e. The van der Waals surface area contributed by atoms with Crippen LogP contribution >= 0.6 is 11.8 Å². The summed E-state index contributed by atoms with van der Waals surface area (Å²) in [6, 6.07) is 14.3. The summed E-state index contributed by atoms with van der Waals surface area (Å²) in [5.41, 5.74) is 1.17. The number of carbonyl (C=O) groups excluding carboxylic acids is 1. The van der Waals surface area contributed by atoms with E-state index < -0.39 is 32.7 Å². The van der Waals surface area contributed by atoms with Gasteiger partial charge in [0, 0.05) is 12.6 Å². The Balaban J connectivity index is 2.14. The Bertz CT molecular complexity index is 970. The van der Waals surface area contributed by atoms with Crippen molar-refractivity contribution in [1.82, 2.24) is 14.9 Å². The van der Waals surface area contributed by atoms with Gasteiger partial charge in [-0.1, -0.05) is 56.3 Å². The highest BCUT2D eigenvalue weighted by Gasteiger charge is 2.28. The van der Waals surface area contributed by atoms with Gasteiger partial charge in [0.1, 0.15) is 16.8 Å². The lowest BCUT2D eigenvalue weighted by Gasteiger charge is -2.30. The first-order chi connectivity index (χ1) is 15.8. The molecule has 2 aromatic carbocycles. The molecule has 6 nitrogen and oxygen atoms in total. The van der Waals surface area contributed by atoms with E-state index in [9.17, 15) is 17.6 Å². The fourth-order valence-corrected chi connectivity index (χ4v) is 5.47. The summed E-state index contributed by atoms with van der Waals surface area (Å²) in [7, 11) is -4.18. The van der Waals surface area contributed by atoms with Crippen LogP contribution in [0.25, 0.3) is 0 Å². The smallest absolute Gasteiger partial charge is 0.244 e. The Kier molecular flexibility index (Phi) is 11.3. The average Bonchev–Trinajstić information content (AvgIpc) is 2.81. The first-order valence-corrected chi connectivity index (χ1v) is 14.0. The Morgan fingerprint density at radius 1 is 1.06 bits per heavy atom. The molecule has 2 aromatic rings. The first-order valence-electron chi connectivity index (χ1n) is 11.1. The highest BCUT2D eigenvalue weighted by atomic mass is 32.2. The third-order valence-electron chi connectivity index (χ3n) is 5.51. The number of likely N-dealkylation sites (N-methyl/N-ethyl adjacent to an activating group) is 1. The lowest BCUT2D eigenvalue weighted by molar-refractivity contribution is -0.123. The molecule has 0 aliphatic carbocycles. The third kappa shape index (κ3) is 8.41. The predicted molar refractivity (Wildman–Crippen MR) is 133 cm³/mol. The van der Waals surface area contributed by atoms with Crippen LogP contribution in [-0.2, 0) is 21.2 Å². The van der Waals surface area contributed by atoms with Gasteiger partial charge < -0.3 is 5.32 Å². The molecule has 0 saturated heterocycles. The molecule has 0 aliphatic heterocycles. The molecule has 0 radical (unpaired) electrons. The Morgan fingerprint density at radius 3 is 2.30 bits per heavy atom. The van der Waals surface area contributed by atoms with E-state index in [4.69, 9.17) is 0 Å². The molecule has 0 spiro atoms. The number of sulfonamides is 1. The van der Waals surface area contributed by atoms with Gasteiger partial charge >= 0.3 is 0 Å². The predicted octanol–water partition coefficient (Wildman–Crippen LogP) is 3.30. The Morgan fingerprint density at radius 2 is 1.70 bits per heavy atom. The number of thioether (sulfide) groups is 1. The van der Waals surface area contributed by atoms with Crippen LogP contribution in [0.3, 0.4) is 0 Å². The van der Waals surface area contributed by atoms with Gasteiger partial charge in [-0.15, -0.1) is 0 Å². The molecule has 33 heavy (non-hydrogen) atoms. The molecule has 0 aromatic heterocycles. The Labute approximate surface area is 201 Å². The van der Waals surface area contributed by atoms with Crippen molar-refractivity contribution in [2.24, 2.45) is 0 Å². The second-order valence-corrected chi connectivity index (χ2v) is 10.4. The molecule has 0 fully saturated rings. The van der Waals surface area contributed by atoms with Crippen molar-refractivity contribution in [3.63, 3.8) is 0 Å². The lowest BCUT2D eigenvalue weighted by atomic mass is 10.0. The summed E-state index contributed by atoms with van der Waals surface area (Å²) in [4.78, 5) is 14.9. The minimum Gasteiger partial charge on any atom is -0.353 e. The van der Waals surface area contributed by atoms with Crippen molar-refractivity contribution in [2.45, 2.75) is 43.7 Å². The number of nitrogens with zero attached hydrogens (tertiary/aromatic N) is 1. The van der Waals surface area contributed by atoms with Crippen LogP contribution in [0.5, 0.6) is 0 Å². The molecular formula is C24H34FN3O3S2. The number of amides is 1. The molecule has 0 bridgehead atoms. The van der Waals surface area contributed by atoms with Crippen LogP contribution < -0.4 is 10.0 Å². The van der Waals surface area contributed by atoms with Gasteiger partial charge in [0.25, 0.3) is 0 Å². The number of carbonyl (C=O) groups is 1. The zero-order chi connectivity index (χ0) is 24.3. The van der Waals surface area contributed by atoms with Crippen molar-refractivity contribution in [2.75, 3.05) is 31.6 Å². The number of hydrogen-bond acceptors (Lipinski definition) is 5. The fourth-order valence-electron chi connectivity index (χ4n) is 3.69. The van der Waals surface area contributed by atoms with E-state index in [1.165, 1.54) is 35.5 Å². The molecule has 0 saturated carbocycles. The minimum absolute atomic E-state index is 0.0655. The molecule has 0 heterocycles. The van der Waals surface area contributed by atoms with Crippen LogP contribution in [0.4, 0.5) is 4.39 Å². The largest absolute Gasteiger partial charge is 0.353 e. The van der Waals surface area contributed by atoms with Crippen LogP contribution in [-0.4, -0.2) is 63.0 Å². The highest BCUT2D eigenvalue weighted by molar-refractivity contribution is 7.98. The quantitative estimate of drug-likeness (QED) is 0.421. The number of nitrogens with one attached hydrogen (secondary N) is 2. The third-order valence-corrected chi connectivity index (χ3v) is 7.65. The molecule has 1 amide bonds. The highest BCUT2D eigenvalue weighted by Crippen LogP contribution is 2.15. The molecule has 2 unspecified atom stereocenters. The van der Waals surface area contributed by atoms with Crippen LogP contribution in [0.1, 0.15) is 25.8 Å². The van der Waals surface area contributed by atoms with Crippen molar-refractivity contribution in [3.05, 3.63) is 66.0 Å². The summed E-state index contributed by atoms with van der Waals surface area (Å²) >= 11 is 1.51. The van der Waals surface area contributed by atoms with Crippen LogP contribution in [0.15, 0.2) is 59.5 Å². The molecule has 182 valence electrons. The molecule has 0 aliphatic rings. The van der Waals surface area contributed by atoms with Crippen molar-refractivity contribution in [3.8, 4) is 0 Å². The molecule has 2 atom stereocenters. The summed E-state index contributed by atoms with van der Waals surface area (Å²) in [6.45, 7) is 6.20. The maximum atomic E-state index is 14.1. The second-order valence-electron chi connectivity index (χ2n) is 7.70. The van der Waals surface area contributed by atoms with E-state index in [0.29, 0.717) is 18.7 Å². The van der Waals surface area contributed by atoms with Gasteiger partial charge in [0.05, 0.1) is 0 Å². The second kappa shape index (κ2) is 13.7. The lowest BCUT2D eigenvalue weighted by Crippen LogP contribution is -2.51. The first kappa shape index (κ1) is 27.3. The number of hydrogen-bond donors (Lipinski definition) is 2. The molecule has 2 rings (SSSR count). The van der Waals surface area contributed by atoms with Crippen LogP contribution in [0.2, 0.25) is 0 Å². The summed E-state index contributed by atoms with van der Waals surface area (Å²) in [6.07, 6.45) is 2.95. The summed E-state index contributed by atoms with van der Waals surface area (Å²) in [5, 5.41) is 2.94. The zero-order valence-electron chi connectivity index (χ0n) is 19.5. The minimum atomic E-state index is -4.18. The zero-order valence-corrected chi connectivity index (χ0v) is 21.1. The monoisotopic (exact) mass is 495 g/mol. The van der Waals surface area contributed by atoms with Crippen molar-refractivity contribution >= 4 is 27.7 Å². The van der Waals surface area contributed by atoms with Gasteiger partial charge in [-0.2, -0.15) is 16.5 Å². The molecule has 9 heteroatoms. The number of benzene rings is 2. The SMILES string of the molecule is CCN(CC)C(CNC(=O)C(CCSC)NS(=O)(=O)c1ccccc1F)Cc1ccccc1. The van der Waals surface area contributed by atoms with E-state index in [1.807, 2.05) is 24.5 Å². The van der Waals surface area contributed by atoms with E-state index in [2.05, 4.69) is 40.9 Å². The average molecular weight is 496 g/mol. The van der Waals surface area contributed by atoms with Crippen molar-refractivity contribution in [1.29, 1.82) is 0 Å². The summed E-state index contributed by atoms with van der Waals surface area (Å²) in [5.74, 6) is -0.672. The van der Waals surface area contributed by atoms with Gasteiger partial charge in [0.2, 0.25) is 15.9 Å². The van der Waals surface area contributed by atoms with E-state index in [1.54, 1.807) is 0 Å². The van der Waals surface area contributed by atoms with Gasteiger partial charge in [-0.3, -0.25) is 9.69 Å². The normalized spacial score (nSPS) is 13.6. The van der Waals surface area contributed by atoms with Gasteiger partial charge in [0.15, 0.2) is 0 Å². The maximum absolute atomic E-state index is 14.1. The number of rotatable bonds is 14. The molecule has 2 N–H and O–H groups in total.